The normalized spacial score (nSPS) is 17.2. The summed E-state index contributed by atoms with van der Waals surface area (Å²) in [6, 6.07) is 5.60. The number of benzene rings is 1. The molecule has 0 saturated heterocycles. The molecular weight excluding hydrogens is 386 g/mol. The predicted octanol–water partition coefficient (Wildman–Crippen LogP) is 4.63. The van der Waals surface area contributed by atoms with Gasteiger partial charge in [-0.2, -0.15) is 0 Å². The molecule has 2 rings (SSSR count). The fraction of sp³-hybridized carbons (Fsp3) is 0.579. The molecule has 1 heterocycles. The molecule has 1 aromatic rings. The van der Waals surface area contributed by atoms with Crippen LogP contribution in [0.2, 0.25) is 0 Å². The second-order valence-electron chi connectivity index (χ2n) is 7.53. The van der Waals surface area contributed by atoms with E-state index in [2.05, 4.69) is 15.9 Å². The number of esters is 1. The molecule has 0 saturated carbocycles. The SMILES string of the molecule is CC(C)OC(=O)CC1c2cc(Br)ccc2CCN1C(=O)OC(C)(C)C. The number of hydrogen-bond donors (Lipinski definition) is 0. The van der Waals surface area contributed by atoms with Crippen molar-refractivity contribution in [3.8, 4) is 0 Å². The van der Waals surface area contributed by atoms with E-state index in [9.17, 15) is 9.59 Å². The van der Waals surface area contributed by atoms with Crippen molar-refractivity contribution in [3.63, 3.8) is 0 Å². The first-order chi connectivity index (χ1) is 11.6. The molecule has 6 heteroatoms. The van der Waals surface area contributed by atoms with Crippen molar-refractivity contribution in [2.75, 3.05) is 6.54 Å². The topological polar surface area (TPSA) is 55.8 Å². The van der Waals surface area contributed by atoms with Gasteiger partial charge in [0.25, 0.3) is 0 Å². The fourth-order valence-corrected chi connectivity index (χ4v) is 3.28. The van der Waals surface area contributed by atoms with Crippen LogP contribution in [0.15, 0.2) is 22.7 Å². The van der Waals surface area contributed by atoms with Crippen LogP contribution in [0.5, 0.6) is 0 Å². The molecule has 0 aromatic heterocycles. The Labute approximate surface area is 157 Å². The van der Waals surface area contributed by atoms with Crippen LogP contribution in [0.25, 0.3) is 0 Å². The molecule has 0 radical (unpaired) electrons. The lowest BCUT2D eigenvalue weighted by molar-refractivity contribution is -0.148. The molecule has 0 aliphatic carbocycles. The second kappa shape index (κ2) is 7.77. The molecule has 1 atom stereocenters. The summed E-state index contributed by atoms with van der Waals surface area (Å²) in [6.07, 6.45) is 0.256. The van der Waals surface area contributed by atoms with Gasteiger partial charge < -0.3 is 14.4 Å². The highest BCUT2D eigenvalue weighted by molar-refractivity contribution is 9.10. The number of carbonyl (C=O) groups excluding carboxylic acids is 2. The third kappa shape index (κ3) is 5.46. The maximum Gasteiger partial charge on any atom is 0.410 e. The maximum atomic E-state index is 12.7. The van der Waals surface area contributed by atoms with Crippen molar-refractivity contribution in [2.24, 2.45) is 0 Å². The maximum absolute atomic E-state index is 12.7. The van der Waals surface area contributed by atoms with E-state index in [4.69, 9.17) is 9.47 Å². The van der Waals surface area contributed by atoms with Gasteiger partial charge in [-0.05, 0) is 64.3 Å². The van der Waals surface area contributed by atoms with E-state index in [-0.39, 0.29) is 24.5 Å². The van der Waals surface area contributed by atoms with Crippen LogP contribution >= 0.6 is 15.9 Å². The summed E-state index contributed by atoms with van der Waals surface area (Å²) in [5, 5.41) is 0. The summed E-state index contributed by atoms with van der Waals surface area (Å²) in [6.45, 7) is 9.65. The molecule has 1 aliphatic rings. The number of halogens is 1. The van der Waals surface area contributed by atoms with Crippen LogP contribution in [0.1, 0.15) is 58.2 Å². The number of amides is 1. The zero-order valence-electron chi connectivity index (χ0n) is 15.5. The Morgan fingerprint density at radius 1 is 1.32 bits per heavy atom. The molecule has 1 unspecified atom stereocenters. The minimum Gasteiger partial charge on any atom is -0.463 e. The third-order valence-corrected chi connectivity index (χ3v) is 4.31. The molecule has 0 N–H and O–H groups in total. The Bertz CT molecular complexity index is 651. The monoisotopic (exact) mass is 411 g/mol. The van der Waals surface area contributed by atoms with Crippen molar-refractivity contribution in [1.82, 2.24) is 4.90 Å². The highest BCUT2D eigenvalue weighted by Crippen LogP contribution is 2.35. The highest BCUT2D eigenvalue weighted by Gasteiger charge is 2.35. The Kier molecular flexibility index (Phi) is 6.14. The van der Waals surface area contributed by atoms with E-state index in [1.807, 2.05) is 52.8 Å². The van der Waals surface area contributed by atoms with E-state index >= 15 is 0 Å². The summed E-state index contributed by atoms with van der Waals surface area (Å²) in [5.74, 6) is -0.318. The molecule has 25 heavy (non-hydrogen) atoms. The first-order valence-corrected chi connectivity index (χ1v) is 9.33. The Balaban J connectivity index is 2.31. The van der Waals surface area contributed by atoms with Crippen LogP contribution in [0.4, 0.5) is 4.79 Å². The van der Waals surface area contributed by atoms with Gasteiger partial charge in [0, 0.05) is 11.0 Å². The minimum absolute atomic E-state index is 0.112. The molecule has 0 fully saturated rings. The fourth-order valence-electron chi connectivity index (χ4n) is 2.90. The zero-order valence-corrected chi connectivity index (χ0v) is 17.1. The largest absolute Gasteiger partial charge is 0.463 e. The summed E-state index contributed by atoms with van der Waals surface area (Å²) < 4.78 is 11.8. The van der Waals surface area contributed by atoms with Crippen LogP contribution in [0, 0.1) is 0 Å². The van der Waals surface area contributed by atoms with Gasteiger partial charge >= 0.3 is 12.1 Å². The van der Waals surface area contributed by atoms with E-state index < -0.39 is 11.7 Å². The first-order valence-electron chi connectivity index (χ1n) is 8.54. The lowest BCUT2D eigenvalue weighted by atomic mass is 9.91. The summed E-state index contributed by atoms with van der Waals surface area (Å²) >= 11 is 3.48. The van der Waals surface area contributed by atoms with Gasteiger partial charge in [0.15, 0.2) is 0 Å². The van der Waals surface area contributed by atoms with Crippen molar-refractivity contribution in [2.45, 2.75) is 65.2 Å². The Morgan fingerprint density at radius 2 is 2.00 bits per heavy atom. The number of rotatable bonds is 3. The molecule has 0 spiro atoms. The molecule has 1 aromatic carbocycles. The Hall–Kier alpha value is -1.56. The summed E-state index contributed by atoms with van der Waals surface area (Å²) in [5.41, 5.74) is 1.52. The van der Waals surface area contributed by atoms with Gasteiger partial charge in [-0.15, -0.1) is 0 Å². The lowest BCUT2D eigenvalue weighted by Crippen LogP contribution is -2.44. The van der Waals surface area contributed by atoms with Gasteiger partial charge in [0.1, 0.15) is 5.60 Å². The number of hydrogen-bond acceptors (Lipinski definition) is 4. The highest BCUT2D eigenvalue weighted by atomic mass is 79.9. The first kappa shape index (κ1) is 19.8. The predicted molar refractivity (Wildman–Crippen MR) is 99.4 cm³/mol. The number of ether oxygens (including phenoxy) is 2. The van der Waals surface area contributed by atoms with E-state index in [1.54, 1.807) is 4.90 Å². The van der Waals surface area contributed by atoms with E-state index in [0.29, 0.717) is 6.54 Å². The molecule has 0 bridgehead atoms. The Morgan fingerprint density at radius 3 is 2.60 bits per heavy atom. The lowest BCUT2D eigenvalue weighted by Gasteiger charge is -2.38. The standard InChI is InChI=1S/C19H26BrNO4/c1-12(2)24-17(22)11-16-15-10-14(20)7-6-13(15)8-9-21(16)18(23)25-19(3,4)5/h6-7,10,12,16H,8-9,11H2,1-5H3. The minimum atomic E-state index is -0.586. The van der Waals surface area contributed by atoms with Gasteiger partial charge in [-0.25, -0.2) is 4.79 Å². The van der Waals surface area contributed by atoms with E-state index in [1.165, 1.54) is 0 Å². The summed E-state index contributed by atoms with van der Waals surface area (Å²) in [7, 11) is 0. The van der Waals surface area contributed by atoms with Gasteiger partial charge in [0.2, 0.25) is 0 Å². The molecule has 1 aliphatic heterocycles. The number of fused-ring (bicyclic) bond motifs is 1. The van der Waals surface area contributed by atoms with Gasteiger partial charge in [-0.1, -0.05) is 22.0 Å². The molecule has 5 nitrogen and oxygen atoms in total. The molecular formula is C19H26BrNO4. The van der Waals surface area contributed by atoms with Crippen molar-refractivity contribution in [1.29, 1.82) is 0 Å². The smallest absolute Gasteiger partial charge is 0.410 e. The van der Waals surface area contributed by atoms with Gasteiger partial charge in [0.05, 0.1) is 18.6 Å². The van der Waals surface area contributed by atoms with Crippen LogP contribution in [-0.4, -0.2) is 35.2 Å². The van der Waals surface area contributed by atoms with Crippen molar-refractivity contribution in [3.05, 3.63) is 33.8 Å². The van der Waals surface area contributed by atoms with Crippen LogP contribution in [0.3, 0.4) is 0 Å². The van der Waals surface area contributed by atoms with Crippen molar-refractivity contribution >= 4 is 28.0 Å². The van der Waals surface area contributed by atoms with Crippen molar-refractivity contribution < 1.29 is 19.1 Å². The number of nitrogens with zero attached hydrogens (tertiary/aromatic N) is 1. The van der Waals surface area contributed by atoms with Crippen LogP contribution in [-0.2, 0) is 20.7 Å². The molecule has 1 amide bonds. The number of carbonyl (C=O) groups is 2. The third-order valence-electron chi connectivity index (χ3n) is 3.82. The average Bonchev–Trinajstić information content (AvgIpc) is 2.45. The quantitative estimate of drug-likeness (QED) is 0.680. The van der Waals surface area contributed by atoms with Crippen LogP contribution < -0.4 is 0 Å². The molecule has 138 valence electrons. The zero-order chi connectivity index (χ0) is 18.8. The van der Waals surface area contributed by atoms with E-state index in [0.717, 1.165) is 22.0 Å². The summed E-state index contributed by atoms with van der Waals surface area (Å²) in [4.78, 5) is 26.6. The van der Waals surface area contributed by atoms with Gasteiger partial charge in [-0.3, -0.25) is 4.79 Å². The average molecular weight is 412 g/mol. The second-order valence-corrected chi connectivity index (χ2v) is 8.44.